The molecule has 0 aliphatic rings. The Bertz CT molecular complexity index is 371. The third kappa shape index (κ3) is 3.77. The minimum atomic E-state index is -0.436. The molecule has 0 aliphatic carbocycles. The molecular weight excluding hydrogens is 232 g/mol. The Kier molecular flexibility index (Phi) is 5.18. The number of nitro groups is 1. The van der Waals surface area contributed by atoms with Gasteiger partial charge in [0, 0.05) is 37.4 Å². The summed E-state index contributed by atoms with van der Waals surface area (Å²) in [5, 5.41) is 14.2. The van der Waals surface area contributed by atoms with Crippen LogP contribution in [0, 0.1) is 10.1 Å². The van der Waals surface area contributed by atoms with E-state index >= 15 is 0 Å². The van der Waals surface area contributed by atoms with Crippen LogP contribution in [-0.4, -0.2) is 25.2 Å². The number of benzene rings is 1. The van der Waals surface area contributed by atoms with Crippen molar-refractivity contribution in [3.8, 4) is 0 Å². The lowest BCUT2D eigenvalue weighted by molar-refractivity contribution is -0.384. The van der Waals surface area contributed by atoms with Gasteiger partial charge in [-0.3, -0.25) is 10.1 Å². The molecule has 5 nitrogen and oxygen atoms in total. The van der Waals surface area contributed by atoms with E-state index in [0.29, 0.717) is 30.3 Å². The fourth-order valence-electron chi connectivity index (χ4n) is 1.21. The maximum Gasteiger partial charge on any atom is 0.269 e. The van der Waals surface area contributed by atoms with Crippen LogP contribution < -0.4 is 5.32 Å². The lowest BCUT2D eigenvalue weighted by Gasteiger charge is -2.06. The van der Waals surface area contributed by atoms with Crippen molar-refractivity contribution in [1.82, 2.24) is 5.32 Å². The Hall–Kier alpha value is -1.17. The van der Waals surface area contributed by atoms with E-state index in [1.54, 1.807) is 7.11 Å². The highest BCUT2D eigenvalue weighted by Gasteiger charge is 2.08. The van der Waals surface area contributed by atoms with Crippen LogP contribution in [0.2, 0.25) is 5.02 Å². The number of methoxy groups -OCH3 is 1. The van der Waals surface area contributed by atoms with E-state index in [2.05, 4.69) is 5.32 Å². The molecule has 0 unspecified atom stereocenters. The lowest BCUT2D eigenvalue weighted by Crippen LogP contribution is -2.18. The molecule has 0 amide bonds. The Balaban J connectivity index is 2.63. The van der Waals surface area contributed by atoms with E-state index in [0.717, 1.165) is 0 Å². The van der Waals surface area contributed by atoms with Gasteiger partial charge in [0.1, 0.15) is 0 Å². The maximum atomic E-state index is 10.6. The molecule has 0 fully saturated rings. The van der Waals surface area contributed by atoms with Gasteiger partial charge in [0.25, 0.3) is 5.69 Å². The molecular formula is C10H13ClN2O3. The van der Waals surface area contributed by atoms with Gasteiger partial charge in [-0.2, -0.15) is 0 Å². The molecule has 0 heterocycles. The number of nitrogens with one attached hydrogen (secondary N) is 1. The standard InChI is InChI=1S/C10H13ClN2O3/c1-16-5-4-12-7-8-6-9(13(14)15)2-3-10(8)11/h2-3,6,12H,4-5,7H2,1H3. The molecule has 1 rings (SSSR count). The molecule has 0 saturated carbocycles. The van der Waals surface area contributed by atoms with Crippen LogP contribution in [-0.2, 0) is 11.3 Å². The molecule has 1 N–H and O–H groups in total. The van der Waals surface area contributed by atoms with Gasteiger partial charge in [-0.05, 0) is 11.6 Å². The van der Waals surface area contributed by atoms with Crippen molar-refractivity contribution in [3.63, 3.8) is 0 Å². The summed E-state index contributed by atoms with van der Waals surface area (Å²) in [6.45, 7) is 1.76. The van der Waals surface area contributed by atoms with Gasteiger partial charge in [-0.25, -0.2) is 0 Å². The van der Waals surface area contributed by atoms with Gasteiger partial charge in [-0.15, -0.1) is 0 Å². The molecule has 0 atom stereocenters. The zero-order valence-corrected chi connectivity index (χ0v) is 9.66. The summed E-state index contributed by atoms with van der Waals surface area (Å²) in [6, 6.07) is 4.40. The number of hydrogen-bond donors (Lipinski definition) is 1. The molecule has 0 bridgehead atoms. The largest absolute Gasteiger partial charge is 0.383 e. The minimum absolute atomic E-state index is 0.0490. The highest BCUT2D eigenvalue weighted by Crippen LogP contribution is 2.21. The van der Waals surface area contributed by atoms with Crippen molar-refractivity contribution >= 4 is 17.3 Å². The lowest BCUT2D eigenvalue weighted by atomic mass is 10.2. The third-order valence-electron chi connectivity index (χ3n) is 2.04. The van der Waals surface area contributed by atoms with Crippen LogP contribution in [0.25, 0.3) is 0 Å². The van der Waals surface area contributed by atoms with E-state index in [-0.39, 0.29) is 5.69 Å². The highest BCUT2D eigenvalue weighted by atomic mass is 35.5. The zero-order chi connectivity index (χ0) is 12.0. The van der Waals surface area contributed by atoms with Crippen LogP contribution >= 0.6 is 11.6 Å². The molecule has 0 aromatic heterocycles. The van der Waals surface area contributed by atoms with E-state index in [4.69, 9.17) is 16.3 Å². The maximum absolute atomic E-state index is 10.6. The summed E-state index contributed by atoms with van der Waals surface area (Å²) in [6.07, 6.45) is 0. The van der Waals surface area contributed by atoms with Crippen molar-refractivity contribution in [2.24, 2.45) is 0 Å². The number of rotatable bonds is 6. The monoisotopic (exact) mass is 244 g/mol. The molecule has 0 aliphatic heterocycles. The van der Waals surface area contributed by atoms with E-state index in [1.807, 2.05) is 0 Å². The van der Waals surface area contributed by atoms with Crippen LogP contribution in [0.5, 0.6) is 0 Å². The minimum Gasteiger partial charge on any atom is -0.383 e. The molecule has 0 radical (unpaired) electrons. The smallest absolute Gasteiger partial charge is 0.269 e. The van der Waals surface area contributed by atoms with Crippen molar-refractivity contribution in [2.75, 3.05) is 20.3 Å². The van der Waals surface area contributed by atoms with Crippen LogP contribution in [0.15, 0.2) is 18.2 Å². The van der Waals surface area contributed by atoms with E-state index in [9.17, 15) is 10.1 Å². The highest BCUT2D eigenvalue weighted by molar-refractivity contribution is 6.31. The van der Waals surface area contributed by atoms with Gasteiger partial charge in [-0.1, -0.05) is 11.6 Å². The van der Waals surface area contributed by atoms with Gasteiger partial charge in [0.2, 0.25) is 0 Å². The van der Waals surface area contributed by atoms with Gasteiger partial charge in [0.05, 0.1) is 11.5 Å². The summed E-state index contributed by atoms with van der Waals surface area (Å²) >= 11 is 5.92. The summed E-state index contributed by atoms with van der Waals surface area (Å²) < 4.78 is 4.87. The summed E-state index contributed by atoms with van der Waals surface area (Å²) in [5.74, 6) is 0. The first-order valence-electron chi connectivity index (χ1n) is 4.77. The van der Waals surface area contributed by atoms with Gasteiger partial charge >= 0.3 is 0 Å². The first-order valence-corrected chi connectivity index (χ1v) is 5.15. The number of ether oxygens (including phenoxy) is 1. The molecule has 16 heavy (non-hydrogen) atoms. The number of halogens is 1. The second-order valence-corrected chi connectivity index (χ2v) is 3.61. The normalized spacial score (nSPS) is 10.4. The Morgan fingerprint density at radius 1 is 1.56 bits per heavy atom. The second-order valence-electron chi connectivity index (χ2n) is 3.20. The second kappa shape index (κ2) is 6.42. The topological polar surface area (TPSA) is 64.4 Å². The summed E-state index contributed by atoms with van der Waals surface area (Å²) in [5.41, 5.74) is 0.764. The average Bonchev–Trinajstić information content (AvgIpc) is 2.26. The van der Waals surface area contributed by atoms with E-state index < -0.39 is 4.92 Å². The van der Waals surface area contributed by atoms with Crippen molar-refractivity contribution in [1.29, 1.82) is 0 Å². The molecule has 0 spiro atoms. The van der Waals surface area contributed by atoms with Crippen LogP contribution in [0.1, 0.15) is 5.56 Å². The average molecular weight is 245 g/mol. The molecule has 6 heteroatoms. The molecule has 0 saturated heterocycles. The summed E-state index contributed by atoms with van der Waals surface area (Å²) in [4.78, 5) is 10.1. The molecule has 1 aromatic rings. The Morgan fingerprint density at radius 3 is 2.94 bits per heavy atom. The predicted molar refractivity (Wildman–Crippen MR) is 61.7 cm³/mol. The van der Waals surface area contributed by atoms with Crippen molar-refractivity contribution in [2.45, 2.75) is 6.54 Å². The SMILES string of the molecule is COCCNCc1cc([N+](=O)[O-])ccc1Cl. The van der Waals surface area contributed by atoms with E-state index in [1.165, 1.54) is 18.2 Å². The van der Waals surface area contributed by atoms with Crippen LogP contribution in [0.3, 0.4) is 0 Å². The Morgan fingerprint density at radius 2 is 2.31 bits per heavy atom. The first kappa shape index (κ1) is 12.9. The summed E-state index contributed by atoms with van der Waals surface area (Å²) in [7, 11) is 1.61. The zero-order valence-electron chi connectivity index (χ0n) is 8.90. The fraction of sp³-hybridized carbons (Fsp3) is 0.400. The van der Waals surface area contributed by atoms with Gasteiger partial charge in [0.15, 0.2) is 0 Å². The fourth-order valence-corrected chi connectivity index (χ4v) is 1.39. The Labute approximate surface area is 98.5 Å². The van der Waals surface area contributed by atoms with Crippen molar-refractivity contribution in [3.05, 3.63) is 38.9 Å². The van der Waals surface area contributed by atoms with Crippen molar-refractivity contribution < 1.29 is 9.66 Å². The quantitative estimate of drug-likeness (QED) is 0.472. The number of non-ortho nitro benzene ring substituents is 1. The number of hydrogen-bond acceptors (Lipinski definition) is 4. The van der Waals surface area contributed by atoms with Gasteiger partial charge < -0.3 is 10.1 Å². The third-order valence-corrected chi connectivity index (χ3v) is 2.41. The first-order chi connectivity index (χ1) is 7.65. The number of nitrogens with zero attached hydrogens (tertiary/aromatic N) is 1. The molecule has 88 valence electrons. The predicted octanol–water partition coefficient (Wildman–Crippen LogP) is 1.98. The van der Waals surface area contributed by atoms with Crippen LogP contribution in [0.4, 0.5) is 5.69 Å². The number of nitro benzene ring substituents is 1. The molecule has 1 aromatic carbocycles.